The lowest BCUT2D eigenvalue weighted by atomic mass is 9.86. The summed E-state index contributed by atoms with van der Waals surface area (Å²) in [4.78, 5) is 37.8. The molecule has 9 heteroatoms. The number of likely N-dealkylation sites (tertiary alicyclic amines) is 1. The molecule has 1 aliphatic rings. The molecule has 45 heavy (non-hydrogen) atoms. The Balaban J connectivity index is 1.26. The fourth-order valence-electron chi connectivity index (χ4n) is 5.70. The van der Waals surface area contributed by atoms with Gasteiger partial charge in [0, 0.05) is 43.1 Å². The molecule has 1 unspecified atom stereocenters. The van der Waals surface area contributed by atoms with Crippen molar-refractivity contribution >= 4 is 23.2 Å². The second-order valence-corrected chi connectivity index (χ2v) is 13.8. The van der Waals surface area contributed by atoms with Gasteiger partial charge in [0.05, 0.1) is 29.3 Å². The van der Waals surface area contributed by atoms with Gasteiger partial charge in [-0.1, -0.05) is 75.4 Å². The number of nitrogens with zero attached hydrogens (tertiary/aromatic N) is 3. The number of aromatic nitrogens is 2. The van der Waals surface area contributed by atoms with E-state index in [0.29, 0.717) is 31.6 Å². The molecule has 236 valence electrons. The fraction of sp³-hybridized carbons (Fsp3) is 0.389. The van der Waals surface area contributed by atoms with E-state index >= 15 is 0 Å². The van der Waals surface area contributed by atoms with Gasteiger partial charge in [-0.05, 0) is 54.4 Å². The van der Waals surface area contributed by atoms with E-state index in [2.05, 4.69) is 65.6 Å². The molecule has 2 aromatic heterocycles. The molecule has 0 aliphatic carbocycles. The van der Waals surface area contributed by atoms with Gasteiger partial charge >= 0.3 is 0 Å². The maximum atomic E-state index is 13.6. The predicted octanol–water partition coefficient (Wildman–Crippen LogP) is 5.61. The van der Waals surface area contributed by atoms with E-state index in [9.17, 15) is 14.7 Å². The summed E-state index contributed by atoms with van der Waals surface area (Å²) in [5, 5.41) is 20.6. The van der Waals surface area contributed by atoms with Crippen LogP contribution in [0.5, 0.6) is 0 Å². The van der Waals surface area contributed by atoms with Crippen LogP contribution >= 0.6 is 11.3 Å². The molecule has 1 fully saturated rings. The zero-order valence-electron chi connectivity index (χ0n) is 26.5. The third-order valence-electron chi connectivity index (χ3n) is 8.24. The number of hydrogen-bond acceptors (Lipinski definition) is 7. The minimum atomic E-state index is -0.857. The first-order chi connectivity index (χ1) is 21.6. The van der Waals surface area contributed by atoms with E-state index in [1.54, 1.807) is 17.4 Å². The monoisotopic (exact) mass is 625 g/mol. The van der Waals surface area contributed by atoms with Crippen molar-refractivity contribution in [2.75, 3.05) is 13.1 Å². The summed E-state index contributed by atoms with van der Waals surface area (Å²) in [6, 6.07) is 19.2. The SMILES string of the molecule is Cc1csc(C2CCCN2C(=O)c2cncc(C(=O)N[C@@H](Cc3ccccc3)[C@H](O)CNCc3cccc(C(C)(C)C)c3)c2)n1. The largest absolute Gasteiger partial charge is 0.390 e. The summed E-state index contributed by atoms with van der Waals surface area (Å²) in [7, 11) is 0. The molecule has 1 saturated heterocycles. The van der Waals surface area contributed by atoms with Gasteiger partial charge in [-0.15, -0.1) is 11.3 Å². The average Bonchev–Trinajstić information content (AvgIpc) is 3.70. The highest BCUT2D eigenvalue weighted by atomic mass is 32.1. The summed E-state index contributed by atoms with van der Waals surface area (Å²) >= 11 is 1.57. The minimum absolute atomic E-state index is 0.0496. The number of thiazole rings is 1. The lowest BCUT2D eigenvalue weighted by Crippen LogP contribution is -2.48. The molecular weight excluding hydrogens is 582 g/mol. The Labute approximate surface area is 269 Å². The van der Waals surface area contributed by atoms with Gasteiger partial charge in [0.1, 0.15) is 5.01 Å². The number of carbonyl (C=O) groups excluding carboxylic acids is 2. The van der Waals surface area contributed by atoms with Crippen LogP contribution in [0, 0.1) is 6.92 Å². The quantitative estimate of drug-likeness (QED) is 0.200. The fourth-order valence-corrected chi connectivity index (χ4v) is 6.64. The third kappa shape index (κ3) is 8.42. The summed E-state index contributed by atoms with van der Waals surface area (Å²) < 4.78 is 0. The zero-order chi connectivity index (χ0) is 32.0. The van der Waals surface area contributed by atoms with Crippen LogP contribution in [0.2, 0.25) is 0 Å². The number of benzene rings is 2. The second-order valence-electron chi connectivity index (χ2n) is 12.9. The van der Waals surface area contributed by atoms with Crippen molar-refractivity contribution in [3.63, 3.8) is 0 Å². The highest BCUT2D eigenvalue weighted by Gasteiger charge is 2.33. The van der Waals surface area contributed by atoms with Crippen LogP contribution in [0.1, 0.15) is 87.8 Å². The van der Waals surface area contributed by atoms with Gasteiger partial charge < -0.3 is 20.6 Å². The molecule has 2 aromatic carbocycles. The van der Waals surface area contributed by atoms with Crippen molar-refractivity contribution in [2.45, 2.75) is 77.1 Å². The van der Waals surface area contributed by atoms with E-state index in [-0.39, 0.29) is 28.8 Å². The number of carbonyl (C=O) groups is 2. The maximum absolute atomic E-state index is 13.6. The first-order valence-electron chi connectivity index (χ1n) is 15.6. The first kappa shape index (κ1) is 32.5. The van der Waals surface area contributed by atoms with Crippen molar-refractivity contribution in [3.8, 4) is 0 Å². The van der Waals surface area contributed by atoms with Gasteiger partial charge in [0.25, 0.3) is 11.8 Å². The second kappa shape index (κ2) is 14.5. The maximum Gasteiger partial charge on any atom is 0.256 e. The lowest BCUT2D eigenvalue weighted by molar-refractivity contribution is 0.0735. The molecule has 0 spiro atoms. The van der Waals surface area contributed by atoms with E-state index in [4.69, 9.17) is 0 Å². The van der Waals surface area contributed by atoms with E-state index < -0.39 is 12.1 Å². The van der Waals surface area contributed by atoms with Crippen molar-refractivity contribution in [2.24, 2.45) is 0 Å². The highest BCUT2D eigenvalue weighted by Crippen LogP contribution is 2.34. The molecule has 5 rings (SSSR count). The number of rotatable bonds is 11. The van der Waals surface area contributed by atoms with E-state index in [0.717, 1.165) is 34.7 Å². The first-order valence-corrected chi connectivity index (χ1v) is 16.5. The van der Waals surface area contributed by atoms with Gasteiger partial charge in [-0.25, -0.2) is 4.98 Å². The smallest absolute Gasteiger partial charge is 0.256 e. The van der Waals surface area contributed by atoms with E-state index in [1.807, 2.05) is 47.5 Å². The number of aryl methyl sites for hydroxylation is 1. The van der Waals surface area contributed by atoms with Gasteiger partial charge in [-0.3, -0.25) is 14.6 Å². The molecule has 1 aliphatic heterocycles. The van der Waals surface area contributed by atoms with Crippen LogP contribution in [-0.2, 0) is 18.4 Å². The number of hydrogen-bond donors (Lipinski definition) is 3. The zero-order valence-corrected chi connectivity index (χ0v) is 27.3. The van der Waals surface area contributed by atoms with Crippen molar-refractivity contribution < 1.29 is 14.7 Å². The average molecular weight is 626 g/mol. The molecule has 3 atom stereocenters. The van der Waals surface area contributed by atoms with Crippen molar-refractivity contribution in [3.05, 3.63) is 117 Å². The van der Waals surface area contributed by atoms with Crippen LogP contribution in [0.4, 0.5) is 0 Å². The topological polar surface area (TPSA) is 107 Å². The number of aliphatic hydroxyl groups excluding tert-OH is 1. The molecule has 2 amide bonds. The molecule has 3 N–H and O–H groups in total. The molecule has 8 nitrogen and oxygen atoms in total. The molecule has 0 bridgehead atoms. The Morgan fingerprint density at radius 1 is 1.04 bits per heavy atom. The Kier molecular flexibility index (Phi) is 10.4. The minimum Gasteiger partial charge on any atom is -0.390 e. The lowest BCUT2D eigenvalue weighted by Gasteiger charge is -2.25. The molecule has 0 radical (unpaired) electrons. The summed E-state index contributed by atoms with van der Waals surface area (Å²) in [6.45, 7) is 10.0. The Morgan fingerprint density at radius 3 is 2.53 bits per heavy atom. The number of pyridine rings is 1. The standard InChI is InChI=1S/C36H43N5O3S/c1-24-23-45-34(39-24)31-14-9-15-41(31)35(44)28-18-27(20-38-21-28)33(43)40-30(17-25-10-6-5-7-11-25)32(42)22-37-19-26-12-8-13-29(16-26)36(2,3)4/h5-8,10-13,16,18,20-21,23,30-32,37,42H,9,14-15,17,19,22H2,1-4H3,(H,40,43)/t30-,31?,32+/m0/s1. The van der Waals surface area contributed by atoms with Crippen LogP contribution in [-0.4, -0.2) is 57.0 Å². The Hall–Kier alpha value is -3.92. The number of nitrogens with one attached hydrogen (secondary N) is 2. The van der Waals surface area contributed by atoms with Gasteiger partial charge in [-0.2, -0.15) is 0 Å². The van der Waals surface area contributed by atoms with Crippen LogP contribution in [0.3, 0.4) is 0 Å². The molecule has 3 heterocycles. The highest BCUT2D eigenvalue weighted by molar-refractivity contribution is 7.09. The van der Waals surface area contributed by atoms with Gasteiger partial charge in [0.2, 0.25) is 0 Å². The Bertz CT molecular complexity index is 1600. The van der Waals surface area contributed by atoms with E-state index in [1.165, 1.54) is 18.0 Å². The molecular formula is C36H43N5O3S. The summed E-state index contributed by atoms with van der Waals surface area (Å²) in [6.07, 6.45) is 4.33. The number of aliphatic hydroxyl groups is 1. The predicted molar refractivity (Wildman–Crippen MR) is 178 cm³/mol. The molecule has 0 saturated carbocycles. The van der Waals surface area contributed by atoms with Crippen molar-refractivity contribution in [1.29, 1.82) is 0 Å². The Morgan fingerprint density at radius 2 is 1.80 bits per heavy atom. The normalized spacial score (nSPS) is 16.4. The van der Waals surface area contributed by atoms with Crippen LogP contribution in [0.15, 0.2) is 78.4 Å². The van der Waals surface area contributed by atoms with Gasteiger partial charge in [0.15, 0.2) is 0 Å². The molecule has 4 aromatic rings. The number of amides is 2. The third-order valence-corrected chi connectivity index (χ3v) is 9.30. The van der Waals surface area contributed by atoms with Crippen molar-refractivity contribution in [1.82, 2.24) is 25.5 Å². The van der Waals surface area contributed by atoms with Crippen LogP contribution < -0.4 is 10.6 Å². The van der Waals surface area contributed by atoms with Crippen LogP contribution in [0.25, 0.3) is 0 Å². The summed E-state index contributed by atoms with van der Waals surface area (Å²) in [5.74, 6) is -0.545. The summed E-state index contributed by atoms with van der Waals surface area (Å²) in [5.41, 5.74) is 5.03.